The summed E-state index contributed by atoms with van der Waals surface area (Å²) in [5.74, 6) is -1.19. The number of methoxy groups -OCH3 is 2. The third-order valence-electron chi connectivity index (χ3n) is 2.93. The normalized spacial score (nSPS) is 14.4. The largest absolute Gasteiger partial charge is 0.469 e. The number of esters is 1. The van der Waals surface area contributed by atoms with Gasteiger partial charge < -0.3 is 14.8 Å². The first-order valence-electron chi connectivity index (χ1n) is 6.33. The van der Waals surface area contributed by atoms with Gasteiger partial charge in [-0.25, -0.2) is 8.42 Å². The van der Waals surface area contributed by atoms with Crippen LogP contribution in [0.1, 0.15) is 26.7 Å². The van der Waals surface area contributed by atoms with Gasteiger partial charge in [-0.1, -0.05) is 0 Å². The quantitative estimate of drug-likeness (QED) is 0.471. The molecule has 0 aliphatic rings. The van der Waals surface area contributed by atoms with E-state index in [1.54, 1.807) is 7.11 Å². The molecule has 2 unspecified atom stereocenters. The number of hydrogen-bond donors (Lipinski definition) is 1. The Morgan fingerprint density at radius 2 is 1.80 bits per heavy atom. The highest BCUT2D eigenvalue weighted by Gasteiger charge is 2.34. The molecule has 1 N–H and O–H groups in total. The predicted molar refractivity (Wildman–Crippen MR) is 74.0 cm³/mol. The molecule has 0 aliphatic heterocycles. The van der Waals surface area contributed by atoms with Crippen molar-refractivity contribution in [3.63, 3.8) is 0 Å². The lowest BCUT2D eigenvalue weighted by Crippen LogP contribution is -2.42. The SMILES string of the molecule is COCCCNC(=O)C(C)S(=O)(=O)C(C)CC(=O)OC. The molecule has 0 aromatic heterocycles. The fraction of sp³-hybridized carbons (Fsp3) is 0.833. The van der Waals surface area contributed by atoms with Crippen LogP contribution in [0.4, 0.5) is 0 Å². The molecule has 0 heterocycles. The van der Waals surface area contributed by atoms with Gasteiger partial charge in [0.15, 0.2) is 9.84 Å². The van der Waals surface area contributed by atoms with E-state index >= 15 is 0 Å². The van der Waals surface area contributed by atoms with Crippen LogP contribution in [0.5, 0.6) is 0 Å². The minimum Gasteiger partial charge on any atom is -0.469 e. The standard InChI is InChI=1S/C12H23NO6S/c1-9(8-11(14)19-4)20(16,17)10(2)12(15)13-6-5-7-18-3/h9-10H,5-8H2,1-4H3,(H,13,15). The number of amides is 1. The number of nitrogens with one attached hydrogen (secondary N) is 1. The molecule has 8 heteroatoms. The van der Waals surface area contributed by atoms with E-state index < -0.39 is 32.2 Å². The van der Waals surface area contributed by atoms with Crippen molar-refractivity contribution in [1.82, 2.24) is 5.32 Å². The van der Waals surface area contributed by atoms with Crippen LogP contribution in [-0.2, 0) is 28.9 Å². The van der Waals surface area contributed by atoms with Gasteiger partial charge in [-0.3, -0.25) is 9.59 Å². The van der Waals surface area contributed by atoms with Crippen LogP contribution >= 0.6 is 0 Å². The minimum absolute atomic E-state index is 0.264. The molecule has 0 spiro atoms. The molecular weight excluding hydrogens is 286 g/mol. The van der Waals surface area contributed by atoms with Gasteiger partial charge in [0.2, 0.25) is 5.91 Å². The van der Waals surface area contributed by atoms with Crippen LogP contribution in [0, 0.1) is 0 Å². The summed E-state index contributed by atoms with van der Waals surface area (Å²) < 4.78 is 33.5. The zero-order chi connectivity index (χ0) is 15.8. The molecule has 20 heavy (non-hydrogen) atoms. The smallest absolute Gasteiger partial charge is 0.306 e. The minimum atomic E-state index is -3.73. The summed E-state index contributed by atoms with van der Waals surface area (Å²) in [6.07, 6.45) is 0.340. The van der Waals surface area contributed by atoms with Gasteiger partial charge in [0.1, 0.15) is 5.25 Å². The molecular formula is C12H23NO6S. The monoisotopic (exact) mass is 309 g/mol. The van der Waals surface area contributed by atoms with Crippen LogP contribution in [0.25, 0.3) is 0 Å². The Balaban J connectivity index is 4.52. The van der Waals surface area contributed by atoms with Crippen molar-refractivity contribution in [2.75, 3.05) is 27.4 Å². The summed E-state index contributed by atoms with van der Waals surface area (Å²) in [5.41, 5.74) is 0. The van der Waals surface area contributed by atoms with E-state index in [9.17, 15) is 18.0 Å². The molecule has 0 aromatic rings. The Morgan fingerprint density at radius 3 is 2.30 bits per heavy atom. The van der Waals surface area contributed by atoms with Crippen molar-refractivity contribution in [2.45, 2.75) is 37.2 Å². The second-order valence-corrected chi connectivity index (χ2v) is 7.15. The first-order valence-corrected chi connectivity index (χ1v) is 7.94. The van der Waals surface area contributed by atoms with E-state index in [2.05, 4.69) is 10.1 Å². The summed E-state index contributed by atoms with van der Waals surface area (Å²) in [6.45, 7) is 3.54. The van der Waals surface area contributed by atoms with Gasteiger partial charge in [0.05, 0.1) is 18.8 Å². The van der Waals surface area contributed by atoms with Gasteiger partial charge in [-0.15, -0.1) is 0 Å². The number of rotatable bonds is 9. The number of carbonyl (C=O) groups is 2. The van der Waals surface area contributed by atoms with Gasteiger partial charge >= 0.3 is 5.97 Å². The van der Waals surface area contributed by atoms with E-state index in [0.717, 1.165) is 0 Å². The van der Waals surface area contributed by atoms with Crippen LogP contribution in [0.2, 0.25) is 0 Å². The maximum Gasteiger partial charge on any atom is 0.306 e. The Morgan fingerprint density at radius 1 is 1.20 bits per heavy atom. The molecule has 0 radical (unpaired) electrons. The van der Waals surface area contributed by atoms with Crippen molar-refractivity contribution >= 4 is 21.7 Å². The molecule has 0 bridgehead atoms. The van der Waals surface area contributed by atoms with E-state index in [1.165, 1.54) is 21.0 Å². The second kappa shape index (κ2) is 8.91. The van der Waals surface area contributed by atoms with E-state index in [-0.39, 0.29) is 6.42 Å². The Labute approximate surface area is 119 Å². The highest BCUT2D eigenvalue weighted by atomic mass is 32.2. The third-order valence-corrected chi connectivity index (χ3v) is 5.42. The lowest BCUT2D eigenvalue weighted by molar-refractivity contribution is -0.140. The highest BCUT2D eigenvalue weighted by molar-refractivity contribution is 7.93. The number of ether oxygens (including phenoxy) is 2. The molecule has 0 fully saturated rings. The van der Waals surface area contributed by atoms with Gasteiger partial charge in [0.25, 0.3) is 0 Å². The summed E-state index contributed by atoms with van der Waals surface area (Å²) >= 11 is 0. The molecule has 0 aliphatic carbocycles. The molecule has 0 aromatic carbocycles. The zero-order valence-corrected chi connectivity index (χ0v) is 13.2. The molecule has 7 nitrogen and oxygen atoms in total. The Hall–Kier alpha value is -1.15. The third kappa shape index (κ3) is 5.87. The van der Waals surface area contributed by atoms with Gasteiger partial charge in [0, 0.05) is 20.3 Å². The van der Waals surface area contributed by atoms with E-state index in [4.69, 9.17) is 4.74 Å². The van der Waals surface area contributed by atoms with Crippen molar-refractivity contribution in [1.29, 1.82) is 0 Å². The first-order chi connectivity index (χ1) is 9.27. The average Bonchev–Trinajstić information content (AvgIpc) is 2.41. The zero-order valence-electron chi connectivity index (χ0n) is 12.3. The molecule has 0 saturated carbocycles. The Kier molecular flexibility index (Phi) is 8.40. The van der Waals surface area contributed by atoms with Crippen molar-refractivity contribution < 1.29 is 27.5 Å². The molecule has 118 valence electrons. The van der Waals surface area contributed by atoms with Crippen LogP contribution in [0.15, 0.2) is 0 Å². The van der Waals surface area contributed by atoms with Crippen LogP contribution in [0.3, 0.4) is 0 Å². The second-order valence-electron chi connectivity index (χ2n) is 4.46. The lowest BCUT2D eigenvalue weighted by atomic mass is 10.3. The number of carbonyl (C=O) groups excluding carboxylic acids is 2. The van der Waals surface area contributed by atoms with Crippen molar-refractivity contribution in [2.24, 2.45) is 0 Å². The first kappa shape index (κ1) is 18.9. The molecule has 0 rings (SSSR count). The summed E-state index contributed by atoms with van der Waals surface area (Å²) in [7, 11) is -0.997. The average molecular weight is 309 g/mol. The van der Waals surface area contributed by atoms with Gasteiger partial charge in [-0.2, -0.15) is 0 Å². The summed E-state index contributed by atoms with van der Waals surface area (Å²) in [6, 6.07) is 0. The van der Waals surface area contributed by atoms with E-state index in [0.29, 0.717) is 19.6 Å². The summed E-state index contributed by atoms with van der Waals surface area (Å²) in [5, 5.41) is 0.364. The summed E-state index contributed by atoms with van der Waals surface area (Å²) in [4.78, 5) is 22.9. The predicted octanol–water partition coefficient (Wildman–Crippen LogP) is -0.106. The molecule has 2 atom stereocenters. The topological polar surface area (TPSA) is 98.8 Å². The van der Waals surface area contributed by atoms with Gasteiger partial charge in [-0.05, 0) is 20.3 Å². The highest BCUT2D eigenvalue weighted by Crippen LogP contribution is 2.13. The number of sulfone groups is 1. The van der Waals surface area contributed by atoms with Crippen molar-refractivity contribution in [3.8, 4) is 0 Å². The number of hydrogen-bond acceptors (Lipinski definition) is 6. The van der Waals surface area contributed by atoms with Crippen molar-refractivity contribution in [3.05, 3.63) is 0 Å². The Bertz CT molecular complexity index is 420. The molecule has 0 saturated heterocycles. The van der Waals surface area contributed by atoms with Crippen LogP contribution < -0.4 is 5.32 Å². The lowest BCUT2D eigenvalue weighted by Gasteiger charge is -2.17. The molecule has 1 amide bonds. The van der Waals surface area contributed by atoms with E-state index in [1.807, 2.05) is 0 Å². The fourth-order valence-electron chi connectivity index (χ4n) is 1.50. The van der Waals surface area contributed by atoms with Crippen LogP contribution in [-0.4, -0.2) is 58.2 Å². The fourth-order valence-corrected chi connectivity index (χ4v) is 2.95. The maximum absolute atomic E-state index is 12.1. The maximum atomic E-state index is 12.1.